The van der Waals surface area contributed by atoms with Crippen molar-refractivity contribution in [1.29, 1.82) is 0 Å². The van der Waals surface area contributed by atoms with E-state index in [4.69, 9.17) is 14.5 Å². The van der Waals surface area contributed by atoms with Crippen LogP contribution in [0, 0.1) is 0 Å². The maximum atomic E-state index is 13.9. The Morgan fingerprint density at radius 3 is 2.24 bits per heavy atom. The second-order valence-corrected chi connectivity index (χ2v) is 14.5. The van der Waals surface area contributed by atoms with Gasteiger partial charge in [0, 0.05) is 46.6 Å². The summed E-state index contributed by atoms with van der Waals surface area (Å²) >= 11 is 1.62. The Morgan fingerprint density at radius 2 is 1.61 bits per heavy atom. The van der Waals surface area contributed by atoms with E-state index in [1.807, 2.05) is 32.2 Å². The van der Waals surface area contributed by atoms with Crippen LogP contribution in [0.2, 0.25) is 0 Å². The summed E-state index contributed by atoms with van der Waals surface area (Å²) in [5, 5.41) is 6.78. The first-order valence-electron chi connectivity index (χ1n) is 13.4. The molecule has 0 atom stereocenters. The second-order valence-electron chi connectivity index (χ2n) is 10.8. The molecule has 2 fully saturated rings. The molecular weight excluding hydrogens is 524 g/mol. The highest BCUT2D eigenvalue weighted by molar-refractivity contribution is 8.00. The van der Waals surface area contributed by atoms with Gasteiger partial charge in [0.05, 0.1) is 22.1 Å². The highest BCUT2D eigenvalue weighted by Crippen LogP contribution is 2.41. The van der Waals surface area contributed by atoms with Crippen LogP contribution in [-0.2, 0) is 19.6 Å². The van der Waals surface area contributed by atoms with Crippen molar-refractivity contribution in [2.75, 3.05) is 11.6 Å². The number of hydrogen-bond donors (Lipinski definition) is 4. The maximum absolute atomic E-state index is 13.9. The zero-order chi connectivity index (χ0) is 27.4. The van der Waals surface area contributed by atoms with E-state index in [1.165, 1.54) is 0 Å². The summed E-state index contributed by atoms with van der Waals surface area (Å²) in [6, 6.07) is 5.89. The zero-order valence-electron chi connectivity index (χ0n) is 22.8. The van der Waals surface area contributed by atoms with Gasteiger partial charge in [0.25, 0.3) is 0 Å². The molecule has 2 aromatic rings. The van der Waals surface area contributed by atoms with Crippen LogP contribution in [0.5, 0.6) is 0 Å². The van der Waals surface area contributed by atoms with Gasteiger partial charge in [0.15, 0.2) is 0 Å². The summed E-state index contributed by atoms with van der Waals surface area (Å²) in [6.45, 7) is 7.26. The van der Waals surface area contributed by atoms with E-state index in [0.29, 0.717) is 16.5 Å². The lowest BCUT2D eigenvalue weighted by molar-refractivity contribution is 0.109. The fourth-order valence-electron chi connectivity index (χ4n) is 4.66. The molecule has 4 rings (SSSR count). The van der Waals surface area contributed by atoms with Crippen LogP contribution in [0.3, 0.4) is 0 Å². The average Bonchev–Trinajstić information content (AvgIpc) is 3.49. The number of rotatable bonds is 9. The molecule has 0 radical (unpaired) electrons. The lowest BCUT2D eigenvalue weighted by Gasteiger charge is -2.28. The van der Waals surface area contributed by atoms with E-state index in [0.717, 1.165) is 54.0 Å². The minimum atomic E-state index is -2.91. The third-order valence-corrected chi connectivity index (χ3v) is 9.92. The van der Waals surface area contributed by atoms with E-state index in [-0.39, 0.29) is 30.4 Å². The molecule has 1 aromatic heterocycles. The molecule has 2 saturated carbocycles. The molecule has 2 aliphatic carbocycles. The van der Waals surface area contributed by atoms with Gasteiger partial charge in [-0.1, -0.05) is 6.07 Å². The van der Waals surface area contributed by atoms with E-state index in [1.54, 1.807) is 37.5 Å². The topological polar surface area (TPSA) is 119 Å². The summed E-state index contributed by atoms with van der Waals surface area (Å²) in [7, 11) is -2.91. The van der Waals surface area contributed by atoms with Crippen LogP contribution in [0.15, 0.2) is 29.3 Å². The van der Waals surface area contributed by atoms with E-state index in [9.17, 15) is 13.8 Å². The number of nitrogens with one attached hydrogen (secondary N) is 3. The van der Waals surface area contributed by atoms with Crippen molar-refractivity contribution in [3.63, 3.8) is 0 Å². The summed E-state index contributed by atoms with van der Waals surface area (Å²) in [5.41, 5.74) is 1.41. The van der Waals surface area contributed by atoms with E-state index < -0.39 is 16.2 Å². The van der Waals surface area contributed by atoms with Crippen LogP contribution >= 0.6 is 11.3 Å². The Kier molecular flexibility index (Phi) is 9.10. The first-order valence-corrected chi connectivity index (χ1v) is 16.4. The normalized spacial score (nSPS) is 20.3. The summed E-state index contributed by atoms with van der Waals surface area (Å²) in [4.78, 5) is 30.5. The highest BCUT2D eigenvalue weighted by Gasteiger charge is 2.30. The lowest BCUT2D eigenvalue weighted by atomic mass is 9.86. The van der Waals surface area contributed by atoms with Gasteiger partial charge in [-0.3, -0.25) is 14.2 Å². The molecular formula is C27H40N4O5S2. The molecule has 2 aliphatic rings. The Balaban J connectivity index is 1.50. The minimum absolute atomic E-state index is 0.116. The Bertz CT molecular complexity index is 1190. The van der Waals surface area contributed by atoms with Crippen molar-refractivity contribution >= 4 is 39.3 Å². The van der Waals surface area contributed by atoms with Crippen molar-refractivity contribution in [3.8, 4) is 10.4 Å². The molecule has 0 unspecified atom stereocenters. The number of alkyl carbamates (subject to hydrolysis) is 1. The highest BCUT2D eigenvalue weighted by atomic mass is 32.3. The van der Waals surface area contributed by atoms with Crippen molar-refractivity contribution in [2.24, 2.45) is 0 Å². The molecule has 0 aliphatic heterocycles. The molecule has 1 aromatic carbocycles. The predicted octanol–water partition coefficient (Wildman–Crippen LogP) is 5.60. The third kappa shape index (κ3) is 7.77. The molecule has 0 spiro atoms. The number of benzene rings is 1. The van der Waals surface area contributed by atoms with Crippen LogP contribution in [0.4, 0.5) is 15.3 Å². The SMILES string of the molecule is CC(C)OC(=O)Nc1ccc(-c2cnc(C3CCC(NC(=O)OC(C)C)CC3)s2)c([SH](C)(=O)NC2CC2)c1. The van der Waals surface area contributed by atoms with Gasteiger partial charge in [-0.25, -0.2) is 14.6 Å². The molecule has 210 valence electrons. The maximum Gasteiger partial charge on any atom is 0.411 e. The first-order chi connectivity index (χ1) is 18.0. The van der Waals surface area contributed by atoms with Crippen molar-refractivity contribution in [2.45, 2.75) is 101 Å². The standard InChI is InChI=1S/C27H40N4O5S2/c1-16(2)35-26(32)29-19-8-6-18(7-9-19)25-28-15-23(37-25)22-13-12-21(30-27(33)36-17(3)4)14-24(22)38(5,34)31-20-10-11-20/h12-20,38H,6-11H2,1-5H3,(H,29,32)(H,30,33)(H,31,34). The summed E-state index contributed by atoms with van der Waals surface area (Å²) < 4.78 is 27.6. The van der Waals surface area contributed by atoms with E-state index >= 15 is 0 Å². The van der Waals surface area contributed by atoms with E-state index in [2.05, 4.69) is 15.4 Å². The lowest BCUT2D eigenvalue weighted by Crippen LogP contribution is -2.38. The van der Waals surface area contributed by atoms with Gasteiger partial charge in [-0.05, 0) is 88.5 Å². The summed E-state index contributed by atoms with van der Waals surface area (Å²) in [5.74, 6) is 0.320. The number of aromatic nitrogens is 1. The number of amides is 2. The fraction of sp³-hybridized carbons (Fsp3) is 0.593. The number of ether oxygens (including phenoxy) is 2. The molecule has 3 N–H and O–H groups in total. The number of thiazole rings is 1. The predicted molar refractivity (Wildman–Crippen MR) is 152 cm³/mol. The molecule has 11 heteroatoms. The van der Waals surface area contributed by atoms with Gasteiger partial charge in [-0.15, -0.1) is 11.3 Å². The van der Waals surface area contributed by atoms with Gasteiger partial charge in [-0.2, -0.15) is 0 Å². The number of nitrogens with zero attached hydrogens (tertiary/aromatic N) is 1. The Morgan fingerprint density at radius 1 is 0.974 bits per heavy atom. The Labute approximate surface area is 230 Å². The number of carbonyl (C=O) groups is 2. The first kappa shape index (κ1) is 28.5. The molecule has 9 nitrogen and oxygen atoms in total. The number of anilines is 1. The minimum Gasteiger partial charge on any atom is -0.447 e. The van der Waals surface area contributed by atoms with Crippen LogP contribution in [-0.4, -0.2) is 51.9 Å². The van der Waals surface area contributed by atoms with Crippen LogP contribution in [0.25, 0.3) is 10.4 Å². The fourth-order valence-corrected chi connectivity index (χ4v) is 8.00. The summed E-state index contributed by atoms with van der Waals surface area (Å²) in [6.07, 6.45) is 7.99. The van der Waals surface area contributed by atoms with Gasteiger partial charge >= 0.3 is 12.2 Å². The number of thiol groups is 1. The number of carbonyl (C=O) groups excluding carboxylic acids is 2. The number of hydrogen-bond acceptors (Lipinski definition) is 7. The van der Waals surface area contributed by atoms with Crippen molar-refractivity contribution in [3.05, 3.63) is 29.4 Å². The largest absolute Gasteiger partial charge is 0.447 e. The Hall–Kier alpha value is -2.50. The van der Waals surface area contributed by atoms with Crippen molar-refractivity contribution in [1.82, 2.24) is 15.0 Å². The second kappa shape index (κ2) is 12.1. The molecule has 2 amide bonds. The van der Waals surface area contributed by atoms with Gasteiger partial charge in [0.1, 0.15) is 0 Å². The third-order valence-electron chi connectivity index (χ3n) is 6.58. The van der Waals surface area contributed by atoms with Gasteiger partial charge in [0.2, 0.25) is 0 Å². The molecule has 1 heterocycles. The smallest absolute Gasteiger partial charge is 0.411 e. The quantitative estimate of drug-likeness (QED) is 0.295. The van der Waals surface area contributed by atoms with Crippen LogP contribution in [0.1, 0.15) is 77.1 Å². The molecule has 0 bridgehead atoms. The van der Waals surface area contributed by atoms with Crippen molar-refractivity contribution < 1.29 is 23.3 Å². The van der Waals surface area contributed by atoms with Crippen LogP contribution < -0.4 is 15.4 Å². The average molecular weight is 565 g/mol. The zero-order valence-corrected chi connectivity index (χ0v) is 24.5. The molecule has 38 heavy (non-hydrogen) atoms. The monoisotopic (exact) mass is 564 g/mol. The molecule has 0 saturated heterocycles. The van der Waals surface area contributed by atoms with Gasteiger partial charge < -0.3 is 14.8 Å².